The van der Waals surface area contributed by atoms with Gasteiger partial charge in [0.15, 0.2) is 5.69 Å². The van der Waals surface area contributed by atoms with Crippen molar-refractivity contribution >= 4 is 33.0 Å². The minimum Gasteiger partial charge on any atom is -0.321 e. The second-order valence-corrected chi connectivity index (χ2v) is 6.91. The Morgan fingerprint density at radius 3 is 2.50 bits per heavy atom. The van der Waals surface area contributed by atoms with Crippen molar-refractivity contribution in [3.8, 4) is 0 Å². The van der Waals surface area contributed by atoms with Gasteiger partial charge in [-0.05, 0) is 29.7 Å². The van der Waals surface area contributed by atoms with Crippen molar-refractivity contribution in [3.05, 3.63) is 34.8 Å². The first-order valence-electron chi connectivity index (χ1n) is 5.87. The fourth-order valence-electron chi connectivity index (χ4n) is 1.56. The molecule has 0 fully saturated rings. The molecule has 0 saturated heterocycles. The van der Waals surface area contributed by atoms with Gasteiger partial charge in [-0.25, -0.2) is 17.2 Å². The van der Waals surface area contributed by atoms with Gasteiger partial charge < -0.3 is 5.32 Å². The Morgan fingerprint density at radius 2 is 1.92 bits per heavy atom. The van der Waals surface area contributed by atoms with Crippen LogP contribution in [0.25, 0.3) is 0 Å². The van der Waals surface area contributed by atoms with Gasteiger partial charge >= 0.3 is 5.51 Å². The van der Waals surface area contributed by atoms with Crippen LogP contribution in [0.2, 0.25) is 0 Å². The van der Waals surface area contributed by atoms with E-state index >= 15 is 0 Å². The summed E-state index contributed by atoms with van der Waals surface area (Å²) in [5.74, 6) is -1.10. The van der Waals surface area contributed by atoms with Crippen LogP contribution in [-0.4, -0.2) is 29.4 Å². The van der Waals surface area contributed by atoms with Crippen molar-refractivity contribution in [1.82, 2.24) is 9.59 Å². The molecule has 6 nitrogen and oxygen atoms in total. The normalized spacial score (nSPS) is 12.4. The molecule has 0 aliphatic carbocycles. The minimum absolute atomic E-state index is 0.320. The van der Waals surface area contributed by atoms with E-state index in [-0.39, 0.29) is 5.69 Å². The number of nitrogens with zero attached hydrogens (tertiary/aromatic N) is 2. The third-order valence-corrected chi connectivity index (χ3v) is 4.86. The number of rotatable bonds is 4. The predicted octanol–water partition coefficient (Wildman–Crippen LogP) is 3.02. The van der Waals surface area contributed by atoms with Crippen LogP contribution >= 0.6 is 11.5 Å². The number of hydrogen-bond acceptors (Lipinski definition) is 6. The highest BCUT2D eigenvalue weighted by Gasteiger charge is 2.46. The lowest BCUT2D eigenvalue weighted by molar-refractivity contribution is -0.0436. The predicted molar refractivity (Wildman–Crippen MR) is 72.5 cm³/mol. The van der Waals surface area contributed by atoms with E-state index in [0.717, 1.165) is 12.1 Å². The molecule has 1 aromatic heterocycles. The first kappa shape index (κ1) is 18.2. The summed E-state index contributed by atoms with van der Waals surface area (Å²) in [6.45, 7) is 0. The molecular formula is C11H6F5N3O3S2. The van der Waals surface area contributed by atoms with E-state index in [2.05, 4.69) is 9.59 Å². The fourth-order valence-corrected chi connectivity index (χ4v) is 2.94. The molecule has 0 saturated carbocycles. The zero-order chi connectivity index (χ0) is 18.1. The number of sulfone groups is 1. The highest BCUT2D eigenvalue weighted by molar-refractivity contribution is 7.92. The molecule has 0 atom stereocenters. The second-order valence-electron chi connectivity index (χ2n) is 4.22. The third-order valence-electron chi connectivity index (χ3n) is 2.63. The first-order valence-corrected chi connectivity index (χ1v) is 8.13. The summed E-state index contributed by atoms with van der Waals surface area (Å²) in [5.41, 5.74) is -6.71. The number of carbonyl (C=O) groups is 1. The summed E-state index contributed by atoms with van der Waals surface area (Å²) in [4.78, 5) is 10.2. The average Bonchev–Trinajstić information content (AvgIpc) is 2.96. The summed E-state index contributed by atoms with van der Waals surface area (Å²) in [6.07, 6.45) is -3.07. The molecule has 1 aromatic carbocycles. The highest BCUT2D eigenvalue weighted by atomic mass is 32.2. The van der Waals surface area contributed by atoms with E-state index in [1.807, 2.05) is 5.32 Å². The van der Waals surface area contributed by atoms with Crippen LogP contribution in [0.5, 0.6) is 0 Å². The number of benzene rings is 1. The Balaban J connectivity index is 2.31. The second kappa shape index (κ2) is 6.39. The molecule has 0 aliphatic rings. The zero-order valence-electron chi connectivity index (χ0n) is 11.2. The van der Waals surface area contributed by atoms with Crippen LogP contribution in [0.15, 0.2) is 29.2 Å². The SMILES string of the molecule is O=C(Nc1cccc(S(=O)(=O)C(F)(F)F)c1)c1snnc1C(F)F. The molecule has 1 amide bonds. The molecule has 0 bridgehead atoms. The lowest BCUT2D eigenvalue weighted by Crippen LogP contribution is -2.23. The Hall–Kier alpha value is -2.15. The lowest BCUT2D eigenvalue weighted by atomic mass is 10.3. The average molecular weight is 387 g/mol. The molecule has 130 valence electrons. The quantitative estimate of drug-likeness (QED) is 0.815. The van der Waals surface area contributed by atoms with Crippen molar-refractivity contribution in [2.24, 2.45) is 0 Å². The van der Waals surface area contributed by atoms with Crippen LogP contribution in [0.1, 0.15) is 21.8 Å². The number of hydrogen-bond donors (Lipinski definition) is 1. The lowest BCUT2D eigenvalue weighted by Gasteiger charge is -2.10. The van der Waals surface area contributed by atoms with Crippen molar-refractivity contribution < 1.29 is 35.2 Å². The summed E-state index contributed by atoms with van der Waals surface area (Å²) in [7, 11) is -5.60. The van der Waals surface area contributed by atoms with Crippen molar-refractivity contribution in [3.63, 3.8) is 0 Å². The largest absolute Gasteiger partial charge is 0.501 e. The van der Waals surface area contributed by atoms with E-state index in [1.165, 1.54) is 0 Å². The summed E-state index contributed by atoms with van der Waals surface area (Å²) in [5, 5.41) is 5.11. The van der Waals surface area contributed by atoms with Crippen LogP contribution in [0, 0.1) is 0 Å². The first-order chi connectivity index (χ1) is 11.0. The number of amides is 1. The van der Waals surface area contributed by atoms with Crippen molar-refractivity contribution in [1.29, 1.82) is 0 Å². The van der Waals surface area contributed by atoms with E-state index in [9.17, 15) is 35.2 Å². The van der Waals surface area contributed by atoms with Crippen LogP contribution in [0.4, 0.5) is 27.6 Å². The maximum atomic E-state index is 12.6. The van der Waals surface area contributed by atoms with E-state index in [0.29, 0.717) is 23.7 Å². The van der Waals surface area contributed by atoms with Crippen molar-refractivity contribution in [2.45, 2.75) is 16.8 Å². The van der Waals surface area contributed by atoms with Gasteiger partial charge in [-0.2, -0.15) is 13.2 Å². The van der Waals surface area contributed by atoms with Gasteiger partial charge in [0, 0.05) is 5.69 Å². The highest BCUT2D eigenvalue weighted by Crippen LogP contribution is 2.31. The third kappa shape index (κ3) is 3.51. The Kier molecular flexibility index (Phi) is 4.85. The number of halogens is 5. The van der Waals surface area contributed by atoms with E-state index in [1.54, 1.807) is 0 Å². The zero-order valence-corrected chi connectivity index (χ0v) is 12.8. The topological polar surface area (TPSA) is 89.0 Å². The molecule has 2 aromatic rings. The molecule has 0 spiro atoms. The molecule has 13 heteroatoms. The standard InChI is InChI=1S/C11H6F5N3O3S2/c12-9(13)7-8(23-19-18-7)10(20)17-5-2-1-3-6(4-5)24(21,22)11(14,15)16/h1-4,9H,(H,17,20). The summed E-state index contributed by atoms with van der Waals surface area (Å²) in [6, 6.07) is 3.32. The molecule has 1 N–H and O–H groups in total. The van der Waals surface area contributed by atoms with Gasteiger partial charge in [-0.1, -0.05) is 10.6 Å². The summed E-state index contributed by atoms with van der Waals surface area (Å²) >= 11 is 0.368. The maximum Gasteiger partial charge on any atom is 0.501 e. The number of aromatic nitrogens is 2. The van der Waals surface area contributed by atoms with Crippen LogP contribution < -0.4 is 5.32 Å². The Labute approximate surface area is 135 Å². The van der Waals surface area contributed by atoms with Gasteiger partial charge in [0.2, 0.25) is 0 Å². The maximum absolute atomic E-state index is 12.6. The fraction of sp³-hybridized carbons (Fsp3) is 0.182. The molecule has 0 unspecified atom stereocenters. The van der Waals surface area contributed by atoms with E-state index < -0.39 is 43.1 Å². The van der Waals surface area contributed by atoms with Crippen LogP contribution in [0.3, 0.4) is 0 Å². The number of alkyl halides is 5. The molecular weight excluding hydrogens is 381 g/mol. The van der Waals surface area contributed by atoms with Crippen molar-refractivity contribution in [2.75, 3.05) is 5.32 Å². The minimum atomic E-state index is -5.60. The molecule has 1 heterocycles. The number of nitrogens with one attached hydrogen (secondary N) is 1. The monoisotopic (exact) mass is 387 g/mol. The molecule has 0 aliphatic heterocycles. The molecule has 2 rings (SSSR count). The Morgan fingerprint density at radius 1 is 1.25 bits per heavy atom. The van der Waals surface area contributed by atoms with Crippen LogP contribution in [-0.2, 0) is 9.84 Å². The van der Waals surface area contributed by atoms with Gasteiger partial charge in [-0.15, -0.1) is 5.10 Å². The van der Waals surface area contributed by atoms with Gasteiger partial charge in [0.1, 0.15) is 4.88 Å². The smallest absolute Gasteiger partial charge is 0.321 e. The summed E-state index contributed by atoms with van der Waals surface area (Å²) < 4.78 is 88.6. The molecule has 0 radical (unpaired) electrons. The van der Waals surface area contributed by atoms with E-state index in [4.69, 9.17) is 0 Å². The number of carbonyl (C=O) groups excluding carboxylic acids is 1. The molecule has 24 heavy (non-hydrogen) atoms. The number of anilines is 1. The Bertz CT molecular complexity index is 864. The van der Waals surface area contributed by atoms with Gasteiger partial charge in [0.25, 0.3) is 22.2 Å². The van der Waals surface area contributed by atoms with Gasteiger partial charge in [0.05, 0.1) is 4.90 Å². The van der Waals surface area contributed by atoms with Gasteiger partial charge in [-0.3, -0.25) is 4.79 Å².